The molecule has 5 heteroatoms. The summed E-state index contributed by atoms with van der Waals surface area (Å²) < 4.78 is 26.7. The fourth-order valence-corrected chi connectivity index (χ4v) is 1.88. The number of para-hydroxylation sites is 2. The zero-order valence-electron chi connectivity index (χ0n) is 10.2. The minimum absolute atomic E-state index is 0.0202. The maximum absolute atomic E-state index is 13.6. The van der Waals surface area contributed by atoms with Crippen molar-refractivity contribution in [3.8, 4) is 0 Å². The van der Waals surface area contributed by atoms with Crippen molar-refractivity contribution in [1.82, 2.24) is 9.97 Å². The highest BCUT2D eigenvalue weighted by Crippen LogP contribution is 2.15. The van der Waals surface area contributed by atoms with Gasteiger partial charge < -0.3 is 0 Å². The number of aromatic nitrogens is 2. The molecule has 0 aliphatic heterocycles. The zero-order chi connectivity index (χ0) is 14.1. The summed E-state index contributed by atoms with van der Waals surface area (Å²) in [6.07, 6.45) is 1.26. The lowest BCUT2D eigenvalue weighted by Gasteiger charge is -2.03. The number of hydrogen-bond donors (Lipinski definition) is 0. The lowest BCUT2D eigenvalue weighted by Crippen LogP contribution is -2.08. The van der Waals surface area contributed by atoms with Crippen LogP contribution in [0.1, 0.15) is 16.1 Å². The minimum Gasteiger partial charge on any atom is -0.287 e. The van der Waals surface area contributed by atoms with E-state index in [0.29, 0.717) is 11.0 Å². The van der Waals surface area contributed by atoms with Crippen molar-refractivity contribution in [3.63, 3.8) is 0 Å². The van der Waals surface area contributed by atoms with Gasteiger partial charge in [-0.25, -0.2) is 13.8 Å². The summed E-state index contributed by atoms with van der Waals surface area (Å²) in [5.41, 5.74) is 0.779. The van der Waals surface area contributed by atoms with Gasteiger partial charge in [-0.2, -0.15) is 0 Å². The van der Waals surface area contributed by atoms with Crippen molar-refractivity contribution in [2.75, 3.05) is 0 Å². The number of carbonyl (C=O) groups excluding carboxylic acids is 1. The summed E-state index contributed by atoms with van der Waals surface area (Å²) in [5.74, 6) is -2.16. The van der Waals surface area contributed by atoms with Crippen molar-refractivity contribution in [2.45, 2.75) is 0 Å². The molecule has 0 saturated heterocycles. The van der Waals surface area contributed by atoms with E-state index in [1.165, 1.54) is 6.20 Å². The Morgan fingerprint density at radius 3 is 2.55 bits per heavy atom. The van der Waals surface area contributed by atoms with Gasteiger partial charge in [-0.15, -0.1) is 0 Å². The zero-order valence-corrected chi connectivity index (χ0v) is 10.2. The molecule has 2 aromatic carbocycles. The van der Waals surface area contributed by atoms with E-state index in [1.807, 2.05) is 0 Å². The van der Waals surface area contributed by atoms with Gasteiger partial charge in [-0.1, -0.05) is 12.1 Å². The molecule has 3 aromatic rings. The van der Waals surface area contributed by atoms with E-state index in [-0.39, 0.29) is 11.3 Å². The molecular formula is C15H8F2N2O. The van der Waals surface area contributed by atoms with Gasteiger partial charge in [0.05, 0.1) is 22.8 Å². The fourth-order valence-electron chi connectivity index (χ4n) is 1.88. The molecule has 0 saturated carbocycles. The summed E-state index contributed by atoms with van der Waals surface area (Å²) >= 11 is 0. The number of hydrogen-bond acceptors (Lipinski definition) is 3. The molecule has 0 atom stereocenters. The van der Waals surface area contributed by atoms with Gasteiger partial charge >= 0.3 is 0 Å². The Kier molecular flexibility index (Phi) is 2.95. The Bertz CT molecular complexity index is 818. The maximum atomic E-state index is 13.6. The second kappa shape index (κ2) is 4.77. The van der Waals surface area contributed by atoms with Crippen molar-refractivity contribution in [3.05, 3.63) is 71.6 Å². The molecule has 0 unspecified atom stereocenters. The van der Waals surface area contributed by atoms with E-state index in [1.54, 1.807) is 24.3 Å². The quantitative estimate of drug-likeness (QED) is 0.672. The van der Waals surface area contributed by atoms with Crippen LogP contribution in [0.25, 0.3) is 11.0 Å². The Morgan fingerprint density at radius 1 is 1.00 bits per heavy atom. The Balaban J connectivity index is 2.10. The van der Waals surface area contributed by atoms with E-state index in [4.69, 9.17) is 0 Å². The monoisotopic (exact) mass is 270 g/mol. The smallest absolute Gasteiger partial charge is 0.216 e. The van der Waals surface area contributed by atoms with Gasteiger partial charge in [0.25, 0.3) is 0 Å². The number of nitrogens with zero attached hydrogens (tertiary/aromatic N) is 2. The van der Waals surface area contributed by atoms with Gasteiger partial charge in [-0.05, 0) is 30.3 Å². The molecule has 0 spiro atoms. The van der Waals surface area contributed by atoms with Gasteiger partial charge in [-0.3, -0.25) is 9.78 Å². The molecule has 98 valence electrons. The molecule has 20 heavy (non-hydrogen) atoms. The van der Waals surface area contributed by atoms with Crippen molar-refractivity contribution < 1.29 is 13.6 Å². The lowest BCUT2D eigenvalue weighted by molar-refractivity contribution is 0.103. The highest BCUT2D eigenvalue weighted by atomic mass is 19.1. The predicted molar refractivity (Wildman–Crippen MR) is 69.3 cm³/mol. The molecule has 0 radical (unpaired) electrons. The van der Waals surface area contributed by atoms with Crippen molar-refractivity contribution in [2.24, 2.45) is 0 Å². The van der Waals surface area contributed by atoms with E-state index < -0.39 is 17.4 Å². The number of halogens is 2. The van der Waals surface area contributed by atoms with Crippen molar-refractivity contribution in [1.29, 1.82) is 0 Å². The highest BCUT2D eigenvalue weighted by Gasteiger charge is 2.17. The average molecular weight is 270 g/mol. The minimum atomic E-state index is -0.786. The Labute approximate surface area is 112 Å². The molecule has 0 N–H and O–H groups in total. The Morgan fingerprint density at radius 2 is 1.75 bits per heavy atom. The molecule has 0 fully saturated rings. The molecule has 0 aliphatic rings. The van der Waals surface area contributed by atoms with Gasteiger partial charge in [0.1, 0.15) is 17.3 Å². The van der Waals surface area contributed by atoms with E-state index >= 15 is 0 Å². The molecule has 1 aromatic heterocycles. The van der Waals surface area contributed by atoms with E-state index in [2.05, 4.69) is 9.97 Å². The predicted octanol–water partition coefficient (Wildman–Crippen LogP) is 3.14. The number of carbonyl (C=O) groups is 1. The summed E-state index contributed by atoms with van der Waals surface area (Å²) in [4.78, 5) is 20.4. The van der Waals surface area contributed by atoms with Gasteiger partial charge in [0.15, 0.2) is 0 Å². The van der Waals surface area contributed by atoms with E-state index in [0.717, 1.165) is 18.2 Å². The first-order chi connectivity index (χ1) is 9.65. The number of fused-ring (bicyclic) bond motifs is 1. The molecule has 0 amide bonds. The lowest BCUT2D eigenvalue weighted by atomic mass is 10.1. The first kappa shape index (κ1) is 12.3. The third-order valence-corrected chi connectivity index (χ3v) is 2.85. The maximum Gasteiger partial charge on any atom is 0.216 e. The molecule has 3 nitrogen and oxygen atoms in total. The van der Waals surface area contributed by atoms with Crippen LogP contribution in [0.15, 0.2) is 48.7 Å². The van der Waals surface area contributed by atoms with Crippen LogP contribution in [-0.4, -0.2) is 15.8 Å². The van der Waals surface area contributed by atoms with Crippen LogP contribution < -0.4 is 0 Å². The second-order valence-corrected chi connectivity index (χ2v) is 4.20. The molecule has 0 aliphatic carbocycles. The topological polar surface area (TPSA) is 42.9 Å². The summed E-state index contributed by atoms with van der Waals surface area (Å²) in [5, 5.41) is 0. The normalized spacial score (nSPS) is 10.7. The van der Waals surface area contributed by atoms with Gasteiger partial charge in [0, 0.05) is 0 Å². The summed E-state index contributed by atoms with van der Waals surface area (Å²) in [7, 11) is 0. The summed E-state index contributed by atoms with van der Waals surface area (Å²) in [6, 6.07) is 9.73. The number of rotatable bonds is 2. The van der Waals surface area contributed by atoms with Crippen LogP contribution in [0.3, 0.4) is 0 Å². The second-order valence-electron chi connectivity index (χ2n) is 4.20. The van der Waals surface area contributed by atoms with Crippen LogP contribution in [-0.2, 0) is 0 Å². The van der Waals surface area contributed by atoms with Crippen LogP contribution in [0, 0.1) is 11.6 Å². The summed E-state index contributed by atoms with van der Waals surface area (Å²) in [6.45, 7) is 0. The average Bonchev–Trinajstić information content (AvgIpc) is 2.48. The number of benzene rings is 2. The van der Waals surface area contributed by atoms with Crippen LogP contribution in [0.2, 0.25) is 0 Å². The molecule has 0 bridgehead atoms. The molecule has 3 rings (SSSR count). The first-order valence-corrected chi connectivity index (χ1v) is 5.87. The number of ketones is 1. The molecule has 1 heterocycles. The fraction of sp³-hybridized carbons (Fsp3) is 0. The van der Waals surface area contributed by atoms with Crippen LogP contribution in [0.5, 0.6) is 0 Å². The van der Waals surface area contributed by atoms with Crippen molar-refractivity contribution >= 4 is 16.8 Å². The SMILES string of the molecule is O=C(c1cnc2ccccc2n1)c1cc(F)ccc1F. The first-order valence-electron chi connectivity index (χ1n) is 5.87. The van der Waals surface area contributed by atoms with E-state index in [9.17, 15) is 13.6 Å². The third-order valence-electron chi connectivity index (χ3n) is 2.85. The largest absolute Gasteiger partial charge is 0.287 e. The van der Waals surface area contributed by atoms with Crippen LogP contribution >= 0.6 is 0 Å². The Hall–Kier alpha value is -2.69. The van der Waals surface area contributed by atoms with Crippen LogP contribution in [0.4, 0.5) is 8.78 Å². The highest BCUT2D eigenvalue weighted by molar-refractivity contribution is 6.08. The van der Waals surface area contributed by atoms with Gasteiger partial charge in [0.2, 0.25) is 5.78 Å². The standard InChI is InChI=1S/C15H8F2N2O/c16-9-5-6-11(17)10(7-9)15(20)14-8-18-12-3-1-2-4-13(12)19-14/h1-8H. The molecular weight excluding hydrogens is 262 g/mol. The third kappa shape index (κ3) is 2.14.